The number of likely N-dealkylation sites (tertiary alicyclic amines) is 1. The monoisotopic (exact) mass is 1630 g/mol. The topological polar surface area (TPSA) is 708 Å². The normalized spacial score (nSPS) is 15.6. The van der Waals surface area contributed by atoms with Gasteiger partial charge >= 0.3 is 5.97 Å². The Balaban J connectivity index is 1.76. The van der Waals surface area contributed by atoms with Gasteiger partial charge in [-0.05, 0) is 82.5 Å². The summed E-state index contributed by atoms with van der Waals surface area (Å²) in [6.45, 7) is -1.17. The zero-order valence-electron chi connectivity index (χ0n) is 59.9. The number of unbranched alkanes of at least 4 members (excludes halogenated alkanes) is 1. The van der Waals surface area contributed by atoms with Crippen LogP contribution in [0.3, 0.4) is 0 Å². The predicted molar refractivity (Wildman–Crippen MR) is 405 cm³/mol. The van der Waals surface area contributed by atoms with Gasteiger partial charge in [-0.2, -0.15) is 50.5 Å². The number of H-pyrrole nitrogens is 1. The van der Waals surface area contributed by atoms with Gasteiger partial charge in [0, 0.05) is 67.3 Å². The average Bonchev–Trinajstić information content (AvgIpc) is 1.67. The summed E-state index contributed by atoms with van der Waals surface area (Å²) >= 11 is 16.5. The van der Waals surface area contributed by atoms with Crippen LogP contribution in [0.5, 0.6) is 5.75 Å². The first-order chi connectivity index (χ1) is 52.1. The van der Waals surface area contributed by atoms with Crippen LogP contribution in [0.1, 0.15) is 82.4 Å². The van der Waals surface area contributed by atoms with Crippen molar-refractivity contribution in [2.45, 2.75) is 163 Å². The largest absolute Gasteiger partial charge is 0.508 e. The molecule has 2 aromatic rings. The SMILES string of the molecule is C[C@H](NC(=O)[C@@H]1CCCN1C(=O)[C@H](CC(N)=O)NC(=O)[C@H](CS)NC(=O)[C@H](CS)NC(=O)[C@@H](N)CCC(=O)O)C(=O)N[C@@H](CS)C(=O)NCC(=O)N[C@@H](CCCN=C(N)N)C(=O)N[C@@H](Cc1cnc[nH]1)C(=O)N[C@@H](Cc1ccc(O)cc1)C(=O)N[C@@H](CO)C(=O)N[C@@H](CS)C(=O)NCC(=O)N[C@@H](CCCCN)C(N)=O. The number of aliphatic imine (C=N–C) groups is 1. The Bertz CT molecular complexity index is 3550. The minimum Gasteiger partial charge on any atom is -0.508 e. The number of aliphatic hydroxyl groups excluding tert-OH is 1. The maximum atomic E-state index is 14.6. The fourth-order valence-corrected chi connectivity index (χ4v) is 11.4. The molecule has 0 spiro atoms. The van der Waals surface area contributed by atoms with Crippen LogP contribution in [-0.2, 0) is 94.3 Å². The second kappa shape index (κ2) is 49.0. The lowest BCUT2D eigenvalue weighted by molar-refractivity contribution is -0.143. The number of aromatic hydroxyl groups is 1. The summed E-state index contributed by atoms with van der Waals surface area (Å²) in [6, 6.07) is -13.9. The van der Waals surface area contributed by atoms with Crippen LogP contribution in [0.25, 0.3) is 0 Å². The highest BCUT2D eigenvalue weighted by atomic mass is 32.1. The quantitative estimate of drug-likeness (QED) is 0.0127. The van der Waals surface area contributed by atoms with Gasteiger partial charge in [0.15, 0.2) is 5.96 Å². The smallest absolute Gasteiger partial charge is 0.303 e. The number of benzene rings is 1. The van der Waals surface area contributed by atoms with Gasteiger partial charge in [0.2, 0.25) is 94.5 Å². The van der Waals surface area contributed by atoms with E-state index in [1.54, 1.807) is 0 Å². The Kier molecular flexibility index (Phi) is 41.9. The number of aromatic amines is 1. The van der Waals surface area contributed by atoms with E-state index >= 15 is 0 Å². The van der Waals surface area contributed by atoms with Crippen LogP contribution < -0.4 is 104 Å². The molecule has 1 aliphatic rings. The molecule has 1 saturated heterocycles. The number of carbonyl (C=O) groups excluding carboxylic acids is 16. The van der Waals surface area contributed by atoms with Crippen molar-refractivity contribution in [3.8, 4) is 5.75 Å². The maximum absolute atomic E-state index is 14.6. The molecule has 47 heteroatoms. The molecule has 1 aromatic heterocycles. The van der Waals surface area contributed by atoms with Crippen molar-refractivity contribution in [1.82, 2.24) is 84.0 Å². The fraction of sp³-hybridized carbons (Fsp3) is 0.571. The van der Waals surface area contributed by atoms with E-state index in [4.69, 9.17) is 39.5 Å². The van der Waals surface area contributed by atoms with Crippen molar-refractivity contribution >= 4 is 157 Å². The molecule has 0 unspecified atom stereocenters. The second-order valence-electron chi connectivity index (χ2n) is 25.0. The molecule has 2 heterocycles. The molecule has 1 fully saturated rings. The third-order valence-electron chi connectivity index (χ3n) is 16.4. The summed E-state index contributed by atoms with van der Waals surface area (Å²) in [5.41, 5.74) is 33.7. The number of aliphatic carboxylic acids is 1. The van der Waals surface area contributed by atoms with E-state index in [0.717, 1.165) is 4.90 Å². The third-order valence-corrected chi connectivity index (χ3v) is 17.8. The van der Waals surface area contributed by atoms with Crippen molar-refractivity contribution < 1.29 is 96.8 Å². The van der Waals surface area contributed by atoms with Crippen molar-refractivity contribution in [2.24, 2.45) is 39.4 Å². The van der Waals surface area contributed by atoms with E-state index < -0.39 is 217 Å². The number of hydrogen-bond acceptors (Lipinski definition) is 27. The number of imidazole rings is 1. The van der Waals surface area contributed by atoms with E-state index in [9.17, 15) is 91.7 Å². The van der Waals surface area contributed by atoms with E-state index in [1.807, 2.05) is 0 Å². The second-order valence-corrected chi connectivity index (χ2v) is 26.5. The number of hydrogen-bond donors (Lipinski definition) is 27. The molecule has 16 amide bonds. The summed E-state index contributed by atoms with van der Waals surface area (Å²) < 4.78 is 0. The lowest BCUT2D eigenvalue weighted by Crippen LogP contribution is -2.61. The number of rotatable bonds is 50. The number of carbonyl (C=O) groups is 17. The van der Waals surface area contributed by atoms with Gasteiger partial charge in [-0.3, -0.25) is 86.5 Å². The molecule has 29 N–H and O–H groups in total. The highest BCUT2D eigenvalue weighted by molar-refractivity contribution is 7.80. The number of nitrogens with two attached hydrogens (primary N) is 6. The number of carboxylic acids is 1. The first-order valence-electron chi connectivity index (χ1n) is 34.4. The first kappa shape index (κ1) is 94.0. The van der Waals surface area contributed by atoms with Gasteiger partial charge in [0.1, 0.15) is 78.3 Å². The van der Waals surface area contributed by atoms with Crippen molar-refractivity contribution in [3.63, 3.8) is 0 Å². The van der Waals surface area contributed by atoms with Crippen LogP contribution >= 0.6 is 50.5 Å². The number of thiol groups is 4. The van der Waals surface area contributed by atoms with E-state index in [0.29, 0.717) is 24.9 Å². The summed E-state index contributed by atoms with van der Waals surface area (Å²) in [5.74, 6) is -18.7. The molecule has 13 atom stereocenters. The minimum atomic E-state index is -1.81. The fourth-order valence-electron chi connectivity index (χ4n) is 10.4. The molecule has 110 heavy (non-hydrogen) atoms. The van der Waals surface area contributed by atoms with Crippen LogP contribution in [0.15, 0.2) is 41.8 Å². The van der Waals surface area contributed by atoms with Crippen LogP contribution in [0.2, 0.25) is 0 Å². The minimum absolute atomic E-state index is 0.0212. The van der Waals surface area contributed by atoms with E-state index in [2.05, 4.69) is 135 Å². The number of primary amides is 2. The number of phenols is 1. The molecular weight excluding hydrogens is 1530 g/mol. The van der Waals surface area contributed by atoms with Gasteiger partial charge < -0.3 is 129 Å². The van der Waals surface area contributed by atoms with Crippen LogP contribution in [-0.4, -0.2) is 278 Å². The Hall–Kier alpha value is -10.2. The zero-order valence-corrected chi connectivity index (χ0v) is 63.5. The Morgan fingerprint density at radius 3 is 1.55 bits per heavy atom. The van der Waals surface area contributed by atoms with Crippen LogP contribution in [0, 0.1) is 0 Å². The Morgan fingerprint density at radius 1 is 0.573 bits per heavy atom. The number of guanidine groups is 1. The summed E-state index contributed by atoms with van der Waals surface area (Å²) in [7, 11) is 0. The van der Waals surface area contributed by atoms with Gasteiger partial charge in [0.05, 0.1) is 38.5 Å². The van der Waals surface area contributed by atoms with Gasteiger partial charge in [0.25, 0.3) is 0 Å². The number of carboxylic acid groups (broad SMARTS) is 1. The zero-order chi connectivity index (χ0) is 82.3. The summed E-state index contributed by atoms with van der Waals surface area (Å²) in [5, 5.41) is 60.5. The molecular formula is C63H99N23O20S4. The molecule has 1 aliphatic heterocycles. The van der Waals surface area contributed by atoms with Crippen molar-refractivity contribution in [2.75, 3.05) is 62.3 Å². The molecule has 0 bridgehead atoms. The highest BCUT2D eigenvalue weighted by Gasteiger charge is 2.41. The number of nitrogens with one attached hydrogen (secondary N) is 14. The Labute approximate surface area is 652 Å². The Morgan fingerprint density at radius 2 is 1.05 bits per heavy atom. The van der Waals surface area contributed by atoms with Gasteiger partial charge in [-0.25, -0.2) is 4.98 Å². The standard InChI is InChI=1S/C63H99N23O20S4/c1-30(75-61(105)45-8-5-17-86(45)62(106)39(20-46(66)89)80-59(103)44(28-110)85-60(104)43(27-109)83-52(96)34(65)13-14-49(92)93)51(95)82-41(25-107)53(97)73-23-48(91)77-36(7-4-16-71-63(68)69)55(99)79-38(19-32-21-70-29-74-32)57(101)78-37(18-31-9-11-33(88)12-10-31)56(100)81-40(24-87)58(102)84-42(26-108)54(98)72-22-47(90)76-35(50(67)94)6-2-3-15-64/h9-12,21,29-30,34-45,87-88,107-110H,2-8,13-20,22-28,64-65H2,1H3,(H2,66,89)(H2,67,94)(H,70,74)(H,72,98)(H,73,97)(H,75,105)(H,76,90)(H,77,91)(H,78,101)(H,79,99)(H,80,103)(H,81,100)(H,82,95)(H,83,96)(H,84,102)(H,85,104)(H,92,93)(H4,68,69,71)/t30-,34-,35-,36-,37-,38-,39-,40-,41-,42-,43-,44-,45-/m0/s1. The number of aliphatic hydroxyl groups is 1. The first-order valence-corrected chi connectivity index (χ1v) is 36.9. The maximum Gasteiger partial charge on any atom is 0.303 e. The molecule has 0 radical (unpaired) electrons. The van der Waals surface area contributed by atoms with Crippen molar-refractivity contribution in [1.29, 1.82) is 0 Å². The number of aromatic nitrogens is 2. The predicted octanol–water partition coefficient (Wildman–Crippen LogP) is -11.1. The van der Waals surface area contributed by atoms with Crippen LogP contribution in [0.4, 0.5) is 0 Å². The lowest BCUT2D eigenvalue weighted by Gasteiger charge is -2.30. The number of amides is 16. The molecule has 0 saturated carbocycles. The molecule has 1 aromatic carbocycles. The number of nitrogens with zero attached hydrogens (tertiary/aromatic N) is 3. The van der Waals surface area contributed by atoms with E-state index in [-0.39, 0.29) is 99.1 Å². The van der Waals surface area contributed by atoms with Crippen molar-refractivity contribution in [3.05, 3.63) is 48.0 Å². The van der Waals surface area contributed by atoms with E-state index in [1.165, 1.54) is 43.7 Å². The molecule has 43 nitrogen and oxygen atoms in total. The molecule has 610 valence electrons. The third kappa shape index (κ3) is 33.3. The molecule has 3 rings (SSSR count). The summed E-state index contributed by atoms with van der Waals surface area (Å²) in [4.78, 5) is 238. The highest BCUT2D eigenvalue weighted by Crippen LogP contribution is 2.20. The lowest BCUT2D eigenvalue weighted by atomic mass is 10.0. The number of phenolic OH excluding ortho intramolecular Hbond substituents is 1. The molecule has 0 aliphatic carbocycles. The van der Waals surface area contributed by atoms with Gasteiger partial charge in [-0.15, -0.1) is 0 Å². The van der Waals surface area contributed by atoms with Gasteiger partial charge in [-0.1, -0.05) is 12.1 Å². The summed E-state index contributed by atoms with van der Waals surface area (Å²) in [6.07, 6.45) is 1.64. The average molecular weight is 1630 g/mol.